The maximum atomic E-state index is 14.4. The predicted molar refractivity (Wildman–Crippen MR) is 510 cm³/mol. The first kappa shape index (κ1) is 77.1. The van der Waals surface area contributed by atoms with E-state index in [1.54, 1.807) is 0 Å². The lowest BCUT2D eigenvalue weighted by Crippen LogP contribution is -2.30. The molecule has 0 N–H and O–H groups in total. The molecule has 0 bridgehead atoms. The van der Waals surface area contributed by atoms with Gasteiger partial charge in [0.05, 0.1) is 10.8 Å². The highest BCUT2D eigenvalue weighted by atomic mass is 19.1. The number of rotatable bonds is 21. The molecule has 2 aliphatic rings. The van der Waals surface area contributed by atoms with Gasteiger partial charge in [0.2, 0.25) is 0 Å². The number of halogens is 2. The fraction of sp³-hybridized carbons (Fsp3) is 0.0508. The van der Waals surface area contributed by atoms with Gasteiger partial charge in [0.1, 0.15) is 34.6 Å². The minimum Gasteiger partial charge on any atom is -0.457 e. The highest BCUT2D eigenvalue weighted by Crippen LogP contribution is 2.61. The van der Waals surface area contributed by atoms with Crippen molar-refractivity contribution in [1.82, 2.24) is 0 Å². The molecule has 0 heterocycles. The minimum atomic E-state index is -0.760. The molecule has 2 aliphatic carbocycles. The van der Waals surface area contributed by atoms with Crippen LogP contribution in [0.1, 0.15) is 77.9 Å². The van der Waals surface area contributed by atoms with Crippen molar-refractivity contribution >= 4 is 46.3 Å². The molecule has 20 rings (SSSR count). The lowest BCUT2D eigenvalue weighted by molar-refractivity contribution is 0.482. The number of ether oxygens (including phenoxy) is 2. The van der Waals surface area contributed by atoms with Crippen LogP contribution in [0.25, 0.3) is 90.0 Å². The number of aryl methyl sites for hydroxylation is 4. The SMILES string of the molecule is C=Cc1ccc(Oc2ccc(C3(c4cc(C)ccc4C)c4ccccc4-c4ccc(N(c5ccc(-c6ccc(N(c7cccc(-c8cccc(-c9ccc(F)cc9)c8)c7)c7ccc8c(c7)C(c7ccc(Oc9ccc(C=C)cc9)cc7)(c7cc(C)ccc7C)c7ccccc7-8)cc6)cc5)c5cccc(-c6cccc(-c7ccc(F)cc7)c6)c5)cc43)cc2)cc1. The molecule has 124 heavy (non-hydrogen) atoms. The van der Waals surface area contributed by atoms with E-state index < -0.39 is 10.8 Å². The average molecular weight is 1600 g/mol. The molecule has 0 fully saturated rings. The van der Waals surface area contributed by atoms with Crippen molar-refractivity contribution in [1.29, 1.82) is 0 Å². The average Bonchev–Trinajstić information content (AvgIpc) is 1.53. The van der Waals surface area contributed by atoms with Gasteiger partial charge < -0.3 is 19.3 Å². The summed E-state index contributed by atoms with van der Waals surface area (Å²) in [5.41, 5.74) is 35.3. The van der Waals surface area contributed by atoms with E-state index in [1.807, 2.05) is 84.9 Å². The Bertz CT molecular complexity index is 6690. The summed E-state index contributed by atoms with van der Waals surface area (Å²) >= 11 is 0. The number of fused-ring (bicyclic) bond motifs is 6. The normalized spacial score (nSPS) is 14.0. The van der Waals surface area contributed by atoms with Gasteiger partial charge in [-0.2, -0.15) is 0 Å². The van der Waals surface area contributed by atoms with Crippen molar-refractivity contribution in [3.05, 3.63) is 515 Å². The Kier molecular flexibility index (Phi) is 20.0. The van der Waals surface area contributed by atoms with E-state index in [2.05, 4.69) is 366 Å². The van der Waals surface area contributed by atoms with Gasteiger partial charge in [-0.1, -0.05) is 291 Å². The maximum Gasteiger partial charge on any atom is 0.127 e. The van der Waals surface area contributed by atoms with Gasteiger partial charge in [-0.3, -0.25) is 0 Å². The second kappa shape index (κ2) is 32.2. The molecule has 18 aromatic carbocycles. The third-order valence-corrected chi connectivity index (χ3v) is 25.0. The molecule has 6 heteroatoms. The molecule has 4 nitrogen and oxygen atoms in total. The van der Waals surface area contributed by atoms with Crippen molar-refractivity contribution in [2.45, 2.75) is 38.5 Å². The Balaban J connectivity index is 0.719. The second-order valence-corrected chi connectivity index (χ2v) is 32.5. The van der Waals surface area contributed by atoms with Crippen LogP contribution >= 0.6 is 0 Å². The smallest absolute Gasteiger partial charge is 0.127 e. The van der Waals surface area contributed by atoms with E-state index in [1.165, 1.54) is 102 Å². The third-order valence-electron chi connectivity index (χ3n) is 25.0. The standard InChI is InChI=1S/C118H86F2N2O2/c1-7-81-33-59-103(60-34-81)123-105-63-45-93(46-64-105)117(113-69-77(3)29-31-79(113)5)111-27-11-9-25-107(111)109-67-57-101(75-115(109)117)121(99-23-15-21-91(73-99)89-19-13-17-87(71-89)85-37-49-95(119)50-38-85)97-53-41-83(42-54-97)84-43-55-98(56-44-84)122(100-24-16-22-92(74-100)90-20-14-18-88(72-90)86-39-51-96(120)52-40-86)102-58-68-110-108-26-10-12-28-112(108)118(116(110)76-102,114-70-78(4)30-32-80(114)6)94-47-65-106(66-48-94)124-104-61-35-82(8-2)36-62-104/h7-76H,1-2H2,3-6H3. The van der Waals surface area contributed by atoms with Crippen LogP contribution in [0.15, 0.2) is 426 Å². The summed E-state index contributed by atoms with van der Waals surface area (Å²) in [5.74, 6) is 2.44. The van der Waals surface area contributed by atoms with Crippen molar-refractivity contribution < 1.29 is 18.3 Å². The lowest BCUT2D eigenvalue weighted by Gasteiger charge is -2.36. The van der Waals surface area contributed by atoms with E-state index in [-0.39, 0.29) is 11.6 Å². The molecule has 0 spiro atoms. The molecule has 0 aromatic heterocycles. The van der Waals surface area contributed by atoms with Gasteiger partial charge in [-0.25, -0.2) is 8.78 Å². The zero-order chi connectivity index (χ0) is 84.2. The Hall–Kier alpha value is -15.5. The molecule has 594 valence electrons. The highest BCUT2D eigenvalue weighted by Gasteiger charge is 2.49. The first-order valence-electron chi connectivity index (χ1n) is 42.1. The molecule has 18 aromatic rings. The molecular formula is C118H86F2N2O2. The molecule has 0 saturated carbocycles. The number of nitrogens with zero attached hydrogens (tertiary/aromatic N) is 2. The number of hydrogen-bond acceptors (Lipinski definition) is 4. The fourth-order valence-corrected chi connectivity index (χ4v) is 19.0. The van der Waals surface area contributed by atoms with Crippen molar-refractivity contribution in [2.24, 2.45) is 0 Å². The zero-order valence-electron chi connectivity index (χ0n) is 69.3. The first-order valence-corrected chi connectivity index (χ1v) is 42.1. The van der Waals surface area contributed by atoms with E-state index in [4.69, 9.17) is 9.47 Å². The molecule has 2 atom stereocenters. The third kappa shape index (κ3) is 14.0. The highest BCUT2D eigenvalue weighted by molar-refractivity contribution is 5.94. The maximum absolute atomic E-state index is 14.4. The van der Waals surface area contributed by atoms with Crippen LogP contribution < -0.4 is 19.3 Å². The van der Waals surface area contributed by atoms with Gasteiger partial charge in [0.15, 0.2) is 0 Å². The van der Waals surface area contributed by atoms with Gasteiger partial charge in [-0.15, -0.1) is 0 Å². The van der Waals surface area contributed by atoms with Gasteiger partial charge >= 0.3 is 0 Å². The monoisotopic (exact) mass is 1600 g/mol. The van der Waals surface area contributed by atoms with Gasteiger partial charge in [0, 0.05) is 34.1 Å². The summed E-state index contributed by atoms with van der Waals surface area (Å²) in [6.07, 6.45) is 3.68. The molecule has 0 radical (unpaired) electrons. The van der Waals surface area contributed by atoms with Gasteiger partial charge in [0.25, 0.3) is 0 Å². The summed E-state index contributed by atoms with van der Waals surface area (Å²) in [6, 6.07) is 145. The topological polar surface area (TPSA) is 24.9 Å². The Labute approximate surface area is 724 Å². The van der Waals surface area contributed by atoms with E-state index in [9.17, 15) is 8.78 Å². The van der Waals surface area contributed by atoms with Crippen LogP contribution in [0.5, 0.6) is 23.0 Å². The molecule has 0 amide bonds. The summed E-state index contributed by atoms with van der Waals surface area (Å²) in [4.78, 5) is 4.80. The van der Waals surface area contributed by atoms with Crippen molar-refractivity contribution in [3.63, 3.8) is 0 Å². The summed E-state index contributed by atoms with van der Waals surface area (Å²) in [5, 5.41) is 0. The minimum absolute atomic E-state index is 0.270. The Morgan fingerprint density at radius 1 is 0.234 bits per heavy atom. The summed E-state index contributed by atoms with van der Waals surface area (Å²) < 4.78 is 41.9. The van der Waals surface area contributed by atoms with Crippen LogP contribution in [-0.2, 0) is 10.8 Å². The quantitative estimate of drug-likeness (QED) is 0.0716. The fourth-order valence-electron chi connectivity index (χ4n) is 19.0. The second-order valence-electron chi connectivity index (χ2n) is 32.5. The first-order chi connectivity index (χ1) is 60.7. The molecular weight excluding hydrogens is 1520 g/mol. The van der Waals surface area contributed by atoms with E-state index in [0.29, 0.717) is 0 Å². The summed E-state index contributed by atoms with van der Waals surface area (Å²) in [7, 11) is 0. The predicted octanol–water partition coefficient (Wildman–Crippen LogP) is 32.1. The van der Waals surface area contributed by atoms with Crippen LogP contribution in [0.3, 0.4) is 0 Å². The number of hydrogen-bond donors (Lipinski definition) is 0. The van der Waals surface area contributed by atoms with Crippen LogP contribution in [0.4, 0.5) is 42.9 Å². The van der Waals surface area contributed by atoms with E-state index in [0.717, 1.165) is 135 Å². The lowest BCUT2D eigenvalue weighted by atomic mass is 9.66. The van der Waals surface area contributed by atoms with Gasteiger partial charge in [-0.05, 0) is 330 Å². The Morgan fingerprint density at radius 3 is 0.903 bits per heavy atom. The Morgan fingerprint density at radius 2 is 0.532 bits per heavy atom. The summed E-state index contributed by atoms with van der Waals surface area (Å²) in [6.45, 7) is 16.8. The van der Waals surface area contributed by atoms with Crippen LogP contribution in [-0.4, -0.2) is 0 Å². The number of anilines is 6. The van der Waals surface area contributed by atoms with E-state index >= 15 is 0 Å². The largest absolute Gasteiger partial charge is 0.457 e. The zero-order valence-corrected chi connectivity index (χ0v) is 69.3. The van der Waals surface area contributed by atoms with Crippen LogP contribution in [0.2, 0.25) is 0 Å². The van der Waals surface area contributed by atoms with Crippen LogP contribution in [0, 0.1) is 39.3 Å². The van der Waals surface area contributed by atoms with Crippen molar-refractivity contribution in [2.75, 3.05) is 9.80 Å². The molecule has 0 saturated heterocycles. The molecule has 2 unspecified atom stereocenters. The number of benzene rings is 18. The molecule has 0 aliphatic heterocycles. The van der Waals surface area contributed by atoms with Crippen molar-refractivity contribution in [3.8, 4) is 101 Å².